The van der Waals surface area contributed by atoms with Gasteiger partial charge in [0.25, 0.3) is 0 Å². The van der Waals surface area contributed by atoms with Gasteiger partial charge >= 0.3 is 5.97 Å². The summed E-state index contributed by atoms with van der Waals surface area (Å²) in [6.45, 7) is 20.1. The number of rotatable bonds is 8. The number of hydrogen-bond donors (Lipinski definition) is 1. The predicted octanol–water partition coefficient (Wildman–Crippen LogP) is 6.35. The van der Waals surface area contributed by atoms with Crippen molar-refractivity contribution in [1.82, 2.24) is 0 Å². The summed E-state index contributed by atoms with van der Waals surface area (Å²) in [5.74, 6) is -0.145. The average Bonchev–Trinajstić information content (AvgIpc) is 3.09. The highest BCUT2D eigenvalue weighted by Gasteiger charge is 2.39. The fourth-order valence-corrected chi connectivity index (χ4v) is 5.51. The molecule has 1 aromatic rings. The Morgan fingerprint density at radius 3 is 2.25 bits per heavy atom. The SMILES string of the molecule is CCc1sc(NC(=O)C(C)(C)CC2(C)CCOCC2)cc1C(C)(C)COC(=O)C(C)(C)C. The first kappa shape index (κ1) is 26.8. The number of nitrogens with one attached hydrogen (secondary N) is 1. The van der Waals surface area contributed by atoms with Crippen LogP contribution in [0, 0.1) is 16.2 Å². The number of carbonyl (C=O) groups is 2. The van der Waals surface area contributed by atoms with E-state index >= 15 is 0 Å². The highest BCUT2D eigenvalue weighted by Crippen LogP contribution is 2.42. The van der Waals surface area contributed by atoms with Gasteiger partial charge in [0.15, 0.2) is 0 Å². The van der Waals surface area contributed by atoms with Crippen molar-refractivity contribution >= 4 is 28.2 Å². The maximum atomic E-state index is 13.2. The topological polar surface area (TPSA) is 64.6 Å². The van der Waals surface area contributed by atoms with E-state index in [0.717, 1.165) is 49.5 Å². The van der Waals surface area contributed by atoms with Crippen molar-refractivity contribution in [2.75, 3.05) is 25.1 Å². The van der Waals surface area contributed by atoms with Crippen LogP contribution in [0.4, 0.5) is 5.00 Å². The Labute approximate surface area is 198 Å². The van der Waals surface area contributed by atoms with Crippen LogP contribution >= 0.6 is 11.3 Å². The first-order chi connectivity index (χ1) is 14.6. The van der Waals surface area contributed by atoms with Gasteiger partial charge in [0.2, 0.25) is 5.91 Å². The van der Waals surface area contributed by atoms with Gasteiger partial charge in [-0.1, -0.05) is 41.5 Å². The molecule has 0 unspecified atom stereocenters. The van der Waals surface area contributed by atoms with Crippen molar-refractivity contribution < 1.29 is 19.1 Å². The van der Waals surface area contributed by atoms with Crippen molar-refractivity contribution in [1.29, 1.82) is 0 Å². The van der Waals surface area contributed by atoms with E-state index in [0.29, 0.717) is 6.61 Å². The van der Waals surface area contributed by atoms with Crippen molar-refractivity contribution in [2.45, 2.75) is 93.4 Å². The fraction of sp³-hybridized carbons (Fsp3) is 0.769. The summed E-state index contributed by atoms with van der Waals surface area (Å²) in [4.78, 5) is 26.7. The molecule has 1 aliphatic rings. The zero-order valence-electron chi connectivity index (χ0n) is 21.6. The minimum Gasteiger partial charge on any atom is -0.464 e. The molecule has 1 aliphatic heterocycles. The van der Waals surface area contributed by atoms with Gasteiger partial charge in [0.05, 0.1) is 10.4 Å². The van der Waals surface area contributed by atoms with Crippen LogP contribution in [0.3, 0.4) is 0 Å². The van der Waals surface area contributed by atoms with E-state index in [-0.39, 0.29) is 22.7 Å². The summed E-state index contributed by atoms with van der Waals surface area (Å²) >= 11 is 1.62. The molecule has 0 atom stereocenters. The van der Waals surface area contributed by atoms with Crippen LogP contribution < -0.4 is 5.32 Å². The second-order valence-corrected chi connectivity index (χ2v) is 13.1. The van der Waals surface area contributed by atoms with E-state index < -0.39 is 10.8 Å². The van der Waals surface area contributed by atoms with Crippen LogP contribution in [0.1, 0.15) is 92.0 Å². The number of aryl methyl sites for hydroxylation is 1. The minimum atomic E-state index is -0.524. The van der Waals surface area contributed by atoms with E-state index in [4.69, 9.17) is 9.47 Å². The molecule has 0 spiro atoms. The second kappa shape index (κ2) is 9.84. The van der Waals surface area contributed by atoms with Crippen LogP contribution in [0.2, 0.25) is 0 Å². The van der Waals surface area contributed by atoms with Gasteiger partial charge in [-0.25, -0.2) is 0 Å². The largest absolute Gasteiger partial charge is 0.464 e. The Morgan fingerprint density at radius 2 is 1.72 bits per heavy atom. The quantitative estimate of drug-likeness (QED) is 0.454. The fourth-order valence-electron chi connectivity index (χ4n) is 4.34. The Hall–Kier alpha value is -1.40. The van der Waals surface area contributed by atoms with Gasteiger partial charge in [0, 0.05) is 28.9 Å². The van der Waals surface area contributed by atoms with Crippen molar-refractivity contribution in [2.24, 2.45) is 16.2 Å². The molecule has 2 rings (SSSR count). The molecule has 0 aliphatic carbocycles. The monoisotopic (exact) mass is 465 g/mol. The first-order valence-electron chi connectivity index (χ1n) is 11.8. The van der Waals surface area contributed by atoms with Gasteiger partial charge < -0.3 is 14.8 Å². The smallest absolute Gasteiger partial charge is 0.311 e. The third kappa shape index (κ3) is 6.80. The van der Waals surface area contributed by atoms with E-state index in [1.165, 1.54) is 4.88 Å². The van der Waals surface area contributed by atoms with E-state index in [2.05, 4.69) is 39.1 Å². The summed E-state index contributed by atoms with van der Waals surface area (Å²) in [7, 11) is 0. The first-order valence-corrected chi connectivity index (χ1v) is 12.6. The molecular formula is C26H43NO4S. The molecule has 1 N–H and O–H groups in total. The molecule has 5 nitrogen and oxygen atoms in total. The number of thiophene rings is 1. The normalized spacial score (nSPS) is 17.2. The third-order valence-electron chi connectivity index (χ3n) is 6.46. The van der Waals surface area contributed by atoms with Crippen LogP contribution in [-0.2, 0) is 30.9 Å². The molecule has 0 bridgehead atoms. The van der Waals surface area contributed by atoms with Crippen molar-refractivity contribution in [3.05, 3.63) is 16.5 Å². The molecule has 1 fully saturated rings. The highest BCUT2D eigenvalue weighted by molar-refractivity contribution is 7.16. The predicted molar refractivity (Wildman–Crippen MR) is 132 cm³/mol. The number of amides is 1. The van der Waals surface area contributed by atoms with Gasteiger partial charge in [-0.05, 0) is 63.5 Å². The van der Waals surface area contributed by atoms with Gasteiger partial charge in [0.1, 0.15) is 6.61 Å². The number of hydrogen-bond acceptors (Lipinski definition) is 5. The van der Waals surface area contributed by atoms with Crippen molar-refractivity contribution in [3.63, 3.8) is 0 Å². The molecule has 32 heavy (non-hydrogen) atoms. The third-order valence-corrected chi connectivity index (χ3v) is 7.65. The molecule has 0 saturated carbocycles. The van der Waals surface area contributed by atoms with E-state index in [1.807, 2.05) is 34.6 Å². The Balaban J connectivity index is 2.13. The van der Waals surface area contributed by atoms with Gasteiger partial charge in [-0.3, -0.25) is 9.59 Å². The number of ether oxygens (including phenoxy) is 2. The maximum absolute atomic E-state index is 13.2. The summed E-state index contributed by atoms with van der Waals surface area (Å²) < 4.78 is 11.2. The molecule has 0 aromatic carbocycles. The lowest BCUT2D eigenvalue weighted by Gasteiger charge is -2.39. The van der Waals surface area contributed by atoms with Gasteiger partial charge in [-0.2, -0.15) is 0 Å². The standard InChI is InChI=1S/C26H43NO4S/c1-10-19-18(25(7,8)17-31-22(29)23(2,3)4)15-20(32-19)27-21(28)24(5,6)16-26(9)11-13-30-14-12-26/h15H,10-14,16-17H2,1-9H3,(H,27,28). The molecule has 6 heteroatoms. The summed E-state index contributed by atoms with van der Waals surface area (Å²) in [5, 5.41) is 4.05. The molecule has 1 saturated heterocycles. The summed E-state index contributed by atoms with van der Waals surface area (Å²) in [6.07, 6.45) is 3.69. The molecule has 182 valence electrons. The minimum absolute atomic E-state index is 0.0534. The lowest BCUT2D eigenvalue weighted by molar-refractivity contribution is -0.154. The van der Waals surface area contributed by atoms with E-state index in [1.54, 1.807) is 11.3 Å². The number of esters is 1. The molecule has 1 amide bonds. The summed E-state index contributed by atoms with van der Waals surface area (Å²) in [6, 6.07) is 2.07. The number of carbonyl (C=O) groups excluding carboxylic acids is 2. The Bertz CT molecular complexity index is 810. The van der Waals surface area contributed by atoms with Gasteiger partial charge in [-0.15, -0.1) is 11.3 Å². The maximum Gasteiger partial charge on any atom is 0.311 e. The number of anilines is 1. The second-order valence-electron chi connectivity index (χ2n) is 11.9. The zero-order valence-corrected chi connectivity index (χ0v) is 22.4. The lowest BCUT2D eigenvalue weighted by Crippen LogP contribution is -2.38. The molecule has 0 radical (unpaired) electrons. The van der Waals surface area contributed by atoms with Crippen molar-refractivity contribution in [3.8, 4) is 0 Å². The molecular weight excluding hydrogens is 422 g/mol. The van der Waals surface area contributed by atoms with Crippen LogP contribution in [0.25, 0.3) is 0 Å². The zero-order chi connectivity index (χ0) is 24.4. The van der Waals surface area contributed by atoms with E-state index in [9.17, 15) is 9.59 Å². The molecule has 1 aromatic heterocycles. The average molecular weight is 466 g/mol. The Morgan fingerprint density at radius 1 is 1.12 bits per heavy atom. The Kier molecular flexibility index (Phi) is 8.26. The molecule has 2 heterocycles. The summed E-state index contributed by atoms with van der Waals surface area (Å²) in [5.41, 5.74) is -0.0645. The lowest BCUT2D eigenvalue weighted by atomic mass is 9.69. The van der Waals surface area contributed by atoms with Crippen LogP contribution in [-0.4, -0.2) is 31.7 Å². The van der Waals surface area contributed by atoms with Crippen LogP contribution in [0.15, 0.2) is 6.07 Å². The van der Waals surface area contributed by atoms with Crippen LogP contribution in [0.5, 0.6) is 0 Å². The highest BCUT2D eigenvalue weighted by atomic mass is 32.1.